The van der Waals surface area contributed by atoms with E-state index in [1.54, 1.807) is 12.2 Å². The predicted molar refractivity (Wildman–Crippen MR) is 57.0 cm³/mol. The van der Waals surface area contributed by atoms with Crippen molar-refractivity contribution in [2.75, 3.05) is 6.61 Å². The van der Waals surface area contributed by atoms with Gasteiger partial charge in [-0.1, -0.05) is 31.6 Å². The molecule has 0 N–H and O–H groups in total. The Balaban J connectivity index is 0. The Morgan fingerprint density at radius 1 is 1.38 bits per heavy atom. The van der Waals surface area contributed by atoms with Gasteiger partial charge in [0.15, 0.2) is 0 Å². The number of carbonyl (C=O) groups is 1. The molecule has 0 amide bonds. The van der Waals surface area contributed by atoms with Gasteiger partial charge in [0.25, 0.3) is 0 Å². The quantitative estimate of drug-likeness (QED) is 0.226. The van der Waals surface area contributed by atoms with Crippen LogP contribution < -0.4 is 0 Å². The maximum absolute atomic E-state index is 10.8. The van der Waals surface area contributed by atoms with E-state index in [1.165, 1.54) is 6.08 Å². The van der Waals surface area contributed by atoms with Crippen molar-refractivity contribution in [3.05, 3.63) is 24.3 Å². The van der Waals surface area contributed by atoms with Crippen LogP contribution in [0.5, 0.6) is 0 Å². The SMILES string of the molecule is C/C=C/C=C/C(=O)OCCCC.[KH]. The standard InChI is InChI=1S/C10H16O2.K.H/c1-3-5-7-8-10(11)12-9-6-4-2;;/h3,5,7-8H,4,6,9H2,1-2H3;;/b5-3+,8-7+;;. The van der Waals surface area contributed by atoms with Crippen LogP contribution in [0.15, 0.2) is 24.3 Å². The van der Waals surface area contributed by atoms with E-state index in [2.05, 4.69) is 6.92 Å². The molecule has 0 aromatic carbocycles. The van der Waals surface area contributed by atoms with E-state index in [-0.39, 0.29) is 57.4 Å². The third-order valence-corrected chi connectivity index (χ3v) is 1.28. The van der Waals surface area contributed by atoms with Gasteiger partial charge in [0.2, 0.25) is 0 Å². The number of ether oxygens (including phenoxy) is 1. The molecule has 0 aromatic rings. The summed E-state index contributed by atoms with van der Waals surface area (Å²) in [5, 5.41) is 0. The van der Waals surface area contributed by atoms with Gasteiger partial charge in [-0.3, -0.25) is 0 Å². The Bertz CT molecular complexity index is 174. The van der Waals surface area contributed by atoms with Crippen LogP contribution in [0.4, 0.5) is 0 Å². The van der Waals surface area contributed by atoms with Crippen molar-refractivity contribution in [3.8, 4) is 0 Å². The normalized spacial score (nSPS) is 10.3. The second-order valence-corrected chi connectivity index (χ2v) is 2.41. The Hall–Kier alpha value is 0.586. The van der Waals surface area contributed by atoms with E-state index in [1.807, 2.05) is 13.0 Å². The fourth-order valence-electron chi connectivity index (χ4n) is 0.610. The zero-order chi connectivity index (χ0) is 9.23. The van der Waals surface area contributed by atoms with Gasteiger partial charge in [-0.15, -0.1) is 0 Å². The summed E-state index contributed by atoms with van der Waals surface area (Å²) in [5.41, 5.74) is 0. The molecule has 2 nitrogen and oxygen atoms in total. The molecule has 0 fully saturated rings. The zero-order valence-corrected chi connectivity index (χ0v) is 7.75. The van der Waals surface area contributed by atoms with Crippen LogP contribution in [0.3, 0.4) is 0 Å². The van der Waals surface area contributed by atoms with Crippen LogP contribution in [0, 0.1) is 0 Å². The Labute approximate surface area is 123 Å². The summed E-state index contributed by atoms with van der Waals surface area (Å²) in [6.07, 6.45) is 8.73. The predicted octanol–water partition coefficient (Wildman–Crippen LogP) is 1.81. The fraction of sp³-hybridized carbons (Fsp3) is 0.500. The number of carbonyl (C=O) groups excluding carboxylic acids is 1. The summed E-state index contributed by atoms with van der Waals surface area (Å²) in [4.78, 5) is 10.8. The average molecular weight is 208 g/mol. The molecule has 0 rings (SSSR count). The van der Waals surface area contributed by atoms with Gasteiger partial charge < -0.3 is 4.74 Å². The number of rotatable bonds is 5. The number of hydrogen-bond acceptors (Lipinski definition) is 2. The van der Waals surface area contributed by atoms with E-state index in [9.17, 15) is 4.79 Å². The van der Waals surface area contributed by atoms with Gasteiger partial charge >= 0.3 is 57.4 Å². The second-order valence-electron chi connectivity index (χ2n) is 2.41. The van der Waals surface area contributed by atoms with E-state index in [0.717, 1.165) is 12.8 Å². The van der Waals surface area contributed by atoms with Gasteiger partial charge in [-0.2, -0.15) is 0 Å². The number of hydrogen-bond donors (Lipinski definition) is 0. The average Bonchev–Trinajstić information content (AvgIpc) is 2.06. The summed E-state index contributed by atoms with van der Waals surface area (Å²) in [6, 6.07) is 0. The molecule has 0 unspecified atom stereocenters. The zero-order valence-electron chi connectivity index (χ0n) is 7.75. The van der Waals surface area contributed by atoms with E-state index in [4.69, 9.17) is 4.74 Å². The summed E-state index contributed by atoms with van der Waals surface area (Å²) in [6.45, 7) is 4.48. The Morgan fingerprint density at radius 3 is 2.62 bits per heavy atom. The molecule has 3 heteroatoms. The third-order valence-electron chi connectivity index (χ3n) is 1.28. The summed E-state index contributed by atoms with van der Waals surface area (Å²) >= 11 is 0. The molecule has 0 heterocycles. The molecular weight excluding hydrogens is 191 g/mol. The van der Waals surface area contributed by atoms with Gasteiger partial charge in [-0.25, -0.2) is 4.79 Å². The molecule has 0 aliphatic carbocycles. The molecule has 70 valence electrons. The van der Waals surface area contributed by atoms with Gasteiger partial charge in [0.05, 0.1) is 6.61 Å². The maximum atomic E-state index is 10.8. The topological polar surface area (TPSA) is 26.3 Å². The summed E-state index contributed by atoms with van der Waals surface area (Å²) in [5.74, 6) is -0.262. The molecule has 0 saturated carbocycles. The van der Waals surface area contributed by atoms with Crippen molar-refractivity contribution in [1.29, 1.82) is 0 Å². The molecule has 0 saturated heterocycles. The van der Waals surface area contributed by atoms with Crippen LogP contribution in [0.2, 0.25) is 0 Å². The molecule has 0 aliphatic heterocycles. The van der Waals surface area contributed by atoms with Crippen molar-refractivity contribution < 1.29 is 9.53 Å². The van der Waals surface area contributed by atoms with Crippen LogP contribution >= 0.6 is 0 Å². The molecule has 13 heavy (non-hydrogen) atoms. The van der Waals surface area contributed by atoms with Crippen LogP contribution in [0.25, 0.3) is 0 Å². The minimum atomic E-state index is -0.262. The van der Waals surface area contributed by atoms with Crippen molar-refractivity contribution in [2.24, 2.45) is 0 Å². The van der Waals surface area contributed by atoms with Crippen molar-refractivity contribution in [1.82, 2.24) is 0 Å². The first-order valence-corrected chi connectivity index (χ1v) is 4.27. The van der Waals surface area contributed by atoms with Crippen LogP contribution in [0.1, 0.15) is 26.7 Å². The van der Waals surface area contributed by atoms with Crippen LogP contribution in [-0.2, 0) is 9.53 Å². The van der Waals surface area contributed by atoms with Crippen LogP contribution in [-0.4, -0.2) is 64.0 Å². The first kappa shape index (κ1) is 16.0. The number of esters is 1. The molecule has 0 spiro atoms. The second kappa shape index (κ2) is 12.6. The van der Waals surface area contributed by atoms with Gasteiger partial charge in [-0.05, 0) is 13.3 Å². The van der Waals surface area contributed by atoms with Crippen molar-refractivity contribution in [3.63, 3.8) is 0 Å². The van der Waals surface area contributed by atoms with Crippen molar-refractivity contribution >= 4 is 57.4 Å². The fourth-order valence-corrected chi connectivity index (χ4v) is 0.610. The molecule has 0 bridgehead atoms. The molecule has 0 aliphatic rings. The summed E-state index contributed by atoms with van der Waals surface area (Å²) < 4.78 is 4.87. The number of unbranched alkanes of at least 4 members (excludes halogenated alkanes) is 1. The molecule has 0 aromatic heterocycles. The first-order valence-electron chi connectivity index (χ1n) is 4.27. The monoisotopic (exact) mass is 208 g/mol. The van der Waals surface area contributed by atoms with Gasteiger partial charge in [0, 0.05) is 6.08 Å². The van der Waals surface area contributed by atoms with Gasteiger partial charge in [0.1, 0.15) is 0 Å². The third kappa shape index (κ3) is 12.6. The summed E-state index contributed by atoms with van der Waals surface area (Å²) in [7, 11) is 0. The molecule has 0 atom stereocenters. The Morgan fingerprint density at radius 2 is 2.08 bits per heavy atom. The van der Waals surface area contributed by atoms with E-state index in [0.29, 0.717) is 6.61 Å². The first-order chi connectivity index (χ1) is 5.81. The molecular formula is C10H17KO2. The van der Waals surface area contributed by atoms with Crippen molar-refractivity contribution in [2.45, 2.75) is 26.7 Å². The van der Waals surface area contributed by atoms with E-state index >= 15 is 0 Å². The molecule has 0 radical (unpaired) electrons. The Kier molecular flexibility index (Phi) is 15.5. The van der Waals surface area contributed by atoms with E-state index < -0.39 is 0 Å². The minimum absolute atomic E-state index is 0. The number of allylic oxidation sites excluding steroid dienone is 3.